The van der Waals surface area contributed by atoms with Gasteiger partial charge in [0, 0.05) is 18.3 Å². The Morgan fingerprint density at radius 1 is 1.32 bits per heavy atom. The second-order valence-corrected chi connectivity index (χ2v) is 6.01. The lowest BCUT2D eigenvalue weighted by Crippen LogP contribution is -2.53. The molecule has 134 valence electrons. The molecule has 25 heavy (non-hydrogen) atoms. The van der Waals surface area contributed by atoms with E-state index in [0.717, 1.165) is 0 Å². The van der Waals surface area contributed by atoms with E-state index in [0.29, 0.717) is 18.5 Å². The molecule has 6 nitrogen and oxygen atoms in total. The number of aryl methyl sites for hydroxylation is 1. The quantitative estimate of drug-likeness (QED) is 0.836. The van der Waals surface area contributed by atoms with Crippen LogP contribution in [0.1, 0.15) is 42.9 Å². The molecule has 0 aliphatic heterocycles. The molecular weight excluding hydrogens is 323 g/mol. The van der Waals surface area contributed by atoms with Crippen LogP contribution >= 0.6 is 0 Å². The van der Waals surface area contributed by atoms with Gasteiger partial charge in [-0.25, -0.2) is 9.07 Å². The van der Waals surface area contributed by atoms with E-state index in [4.69, 9.17) is 5.73 Å². The van der Waals surface area contributed by atoms with E-state index in [9.17, 15) is 14.0 Å². The summed E-state index contributed by atoms with van der Waals surface area (Å²) in [6.45, 7) is 5.71. The number of rotatable bonds is 6. The zero-order chi connectivity index (χ0) is 18.6. The minimum atomic E-state index is -0.607. The molecule has 0 saturated heterocycles. The lowest BCUT2D eigenvalue weighted by atomic mass is 9.93. The van der Waals surface area contributed by atoms with Crippen LogP contribution in [0.4, 0.5) is 4.39 Å². The normalized spacial score (nSPS) is 11.4. The Hall–Kier alpha value is -2.54. The number of carbonyl (C=O) groups excluding carboxylic acids is 1. The smallest absolute Gasteiger partial charge is 0.276 e. The fourth-order valence-corrected chi connectivity index (χ4v) is 2.64. The molecule has 0 fully saturated rings. The minimum absolute atomic E-state index is 0.171. The van der Waals surface area contributed by atoms with E-state index < -0.39 is 22.7 Å². The van der Waals surface area contributed by atoms with Gasteiger partial charge in [-0.3, -0.25) is 9.59 Å². The number of aromatic nitrogens is 2. The number of amides is 1. The molecule has 1 heterocycles. The van der Waals surface area contributed by atoms with Crippen LogP contribution in [-0.4, -0.2) is 27.8 Å². The summed E-state index contributed by atoms with van der Waals surface area (Å²) < 4.78 is 15.3. The van der Waals surface area contributed by atoms with Crippen molar-refractivity contribution in [2.75, 3.05) is 6.54 Å². The van der Waals surface area contributed by atoms with Crippen LogP contribution in [0.25, 0.3) is 5.69 Å². The molecule has 0 radical (unpaired) electrons. The predicted octanol–water partition coefficient (Wildman–Crippen LogP) is 1.93. The van der Waals surface area contributed by atoms with Crippen molar-refractivity contribution >= 4 is 5.91 Å². The lowest BCUT2D eigenvalue weighted by Gasteiger charge is -2.31. The number of nitrogens with one attached hydrogen (secondary N) is 1. The van der Waals surface area contributed by atoms with E-state index in [1.807, 2.05) is 13.8 Å². The van der Waals surface area contributed by atoms with Gasteiger partial charge >= 0.3 is 0 Å². The summed E-state index contributed by atoms with van der Waals surface area (Å²) in [4.78, 5) is 24.8. The Bertz CT molecular complexity index is 820. The van der Waals surface area contributed by atoms with Crippen LogP contribution < -0.4 is 16.5 Å². The maximum atomic E-state index is 14.1. The number of nitrogens with two attached hydrogens (primary N) is 1. The molecule has 0 saturated carbocycles. The maximum absolute atomic E-state index is 14.1. The molecule has 7 heteroatoms. The third-order valence-electron chi connectivity index (χ3n) is 4.53. The van der Waals surface area contributed by atoms with Crippen molar-refractivity contribution in [3.05, 3.63) is 57.8 Å². The van der Waals surface area contributed by atoms with Crippen molar-refractivity contribution < 1.29 is 9.18 Å². The molecule has 2 rings (SSSR count). The topological polar surface area (TPSA) is 90.0 Å². The largest absolute Gasteiger partial charge is 0.344 e. The van der Waals surface area contributed by atoms with Crippen LogP contribution in [0.15, 0.2) is 35.1 Å². The third-order valence-corrected chi connectivity index (χ3v) is 4.53. The highest BCUT2D eigenvalue weighted by molar-refractivity contribution is 5.92. The van der Waals surface area contributed by atoms with Gasteiger partial charge in [0.15, 0.2) is 5.69 Å². The van der Waals surface area contributed by atoms with Gasteiger partial charge in [-0.05, 0) is 31.9 Å². The highest BCUT2D eigenvalue weighted by Crippen LogP contribution is 2.15. The molecular formula is C18H23FN4O2. The van der Waals surface area contributed by atoms with Crippen LogP contribution in [-0.2, 0) is 0 Å². The second kappa shape index (κ2) is 7.57. The first kappa shape index (κ1) is 18.8. The summed E-state index contributed by atoms with van der Waals surface area (Å²) in [5.41, 5.74) is 5.00. The van der Waals surface area contributed by atoms with Crippen LogP contribution in [0.2, 0.25) is 0 Å². The van der Waals surface area contributed by atoms with Gasteiger partial charge in [-0.15, -0.1) is 0 Å². The predicted molar refractivity (Wildman–Crippen MR) is 94.4 cm³/mol. The first-order chi connectivity index (χ1) is 11.9. The number of benzene rings is 1. The Balaban J connectivity index is 2.49. The number of hydrogen-bond donors (Lipinski definition) is 2. The zero-order valence-electron chi connectivity index (χ0n) is 14.7. The highest BCUT2D eigenvalue weighted by Gasteiger charge is 2.28. The fraction of sp³-hybridized carbons (Fsp3) is 0.389. The molecule has 0 unspecified atom stereocenters. The van der Waals surface area contributed by atoms with Gasteiger partial charge < -0.3 is 11.1 Å². The summed E-state index contributed by atoms with van der Waals surface area (Å²) in [5, 5.41) is 6.92. The maximum Gasteiger partial charge on any atom is 0.276 e. The van der Waals surface area contributed by atoms with Gasteiger partial charge in [0.1, 0.15) is 11.5 Å². The van der Waals surface area contributed by atoms with Gasteiger partial charge in [0.25, 0.3) is 5.91 Å². The highest BCUT2D eigenvalue weighted by atomic mass is 19.1. The number of carbonyl (C=O) groups is 1. The van der Waals surface area contributed by atoms with Gasteiger partial charge in [-0.1, -0.05) is 26.0 Å². The van der Waals surface area contributed by atoms with Crippen molar-refractivity contribution in [3.8, 4) is 5.69 Å². The van der Waals surface area contributed by atoms with Crippen LogP contribution in [0.3, 0.4) is 0 Å². The number of para-hydroxylation sites is 1. The molecule has 0 atom stereocenters. The van der Waals surface area contributed by atoms with E-state index in [2.05, 4.69) is 10.4 Å². The van der Waals surface area contributed by atoms with Crippen molar-refractivity contribution in [1.82, 2.24) is 15.1 Å². The van der Waals surface area contributed by atoms with Crippen LogP contribution in [0.5, 0.6) is 0 Å². The third kappa shape index (κ3) is 3.76. The molecule has 0 aliphatic carbocycles. The summed E-state index contributed by atoms with van der Waals surface area (Å²) in [6, 6.07) is 7.31. The molecule has 1 amide bonds. The van der Waals surface area contributed by atoms with Crippen molar-refractivity contribution in [1.29, 1.82) is 0 Å². The number of halogens is 1. The fourth-order valence-electron chi connectivity index (χ4n) is 2.64. The van der Waals surface area contributed by atoms with E-state index in [-0.39, 0.29) is 17.9 Å². The Morgan fingerprint density at radius 2 is 1.96 bits per heavy atom. The molecule has 1 aromatic heterocycles. The molecule has 0 bridgehead atoms. The van der Waals surface area contributed by atoms with Gasteiger partial charge in [0.2, 0.25) is 5.43 Å². The van der Waals surface area contributed by atoms with Crippen LogP contribution in [0, 0.1) is 12.7 Å². The Labute approximate surface area is 145 Å². The molecule has 0 spiro atoms. The van der Waals surface area contributed by atoms with Crippen molar-refractivity contribution in [3.63, 3.8) is 0 Å². The monoisotopic (exact) mass is 346 g/mol. The minimum Gasteiger partial charge on any atom is -0.344 e. The first-order valence-electron chi connectivity index (χ1n) is 8.26. The number of hydrogen-bond acceptors (Lipinski definition) is 4. The van der Waals surface area contributed by atoms with Crippen molar-refractivity contribution in [2.45, 2.75) is 39.2 Å². The summed E-state index contributed by atoms with van der Waals surface area (Å²) in [5.74, 6) is -1.10. The second-order valence-electron chi connectivity index (χ2n) is 6.01. The lowest BCUT2D eigenvalue weighted by molar-refractivity contribution is 0.0887. The van der Waals surface area contributed by atoms with Crippen molar-refractivity contribution in [2.24, 2.45) is 5.73 Å². The Morgan fingerprint density at radius 3 is 2.52 bits per heavy atom. The standard InChI is InChI=1S/C18H23FN4O2/c1-4-18(5-2,11-20)21-17(25)16-15(24)10-12(3)23(22-16)14-9-7-6-8-13(14)19/h6-10H,4-5,11,20H2,1-3H3,(H,21,25). The van der Waals surface area contributed by atoms with E-state index in [1.54, 1.807) is 19.1 Å². The average Bonchev–Trinajstić information content (AvgIpc) is 2.60. The summed E-state index contributed by atoms with van der Waals surface area (Å²) in [6.07, 6.45) is 1.25. The van der Waals surface area contributed by atoms with E-state index in [1.165, 1.54) is 22.9 Å². The molecule has 3 N–H and O–H groups in total. The SMILES string of the molecule is CCC(CC)(CN)NC(=O)c1nn(-c2ccccc2F)c(C)cc1=O. The first-order valence-corrected chi connectivity index (χ1v) is 8.26. The van der Waals surface area contributed by atoms with Gasteiger partial charge in [0.05, 0.1) is 5.54 Å². The average molecular weight is 346 g/mol. The molecule has 1 aromatic carbocycles. The summed E-state index contributed by atoms with van der Waals surface area (Å²) >= 11 is 0. The summed E-state index contributed by atoms with van der Waals surface area (Å²) in [7, 11) is 0. The number of nitrogens with zero attached hydrogens (tertiary/aromatic N) is 2. The Kier molecular flexibility index (Phi) is 5.69. The molecule has 0 aliphatic rings. The molecule has 2 aromatic rings. The van der Waals surface area contributed by atoms with Gasteiger partial charge in [-0.2, -0.15) is 5.10 Å². The van der Waals surface area contributed by atoms with E-state index >= 15 is 0 Å². The zero-order valence-corrected chi connectivity index (χ0v) is 14.7.